The highest BCUT2D eigenvalue weighted by molar-refractivity contribution is 5.96. The number of ether oxygens (including phenoxy) is 1. The van der Waals surface area contributed by atoms with Crippen molar-refractivity contribution in [3.05, 3.63) is 29.6 Å². The topological polar surface area (TPSA) is 53.1 Å². The fourth-order valence-electron chi connectivity index (χ4n) is 3.98. The molecule has 0 aromatic heterocycles. The molecule has 3 fully saturated rings. The zero-order valence-corrected chi connectivity index (χ0v) is 14.1. The number of carbonyl (C=O) groups excluding carboxylic acids is 2. The lowest BCUT2D eigenvalue weighted by Gasteiger charge is -2.39. The lowest BCUT2D eigenvalue weighted by molar-refractivity contribution is -0.139. The van der Waals surface area contributed by atoms with Crippen LogP contribution in [0.25, 0.3) is 0 Å². The Balaban J connectivity index is 1.54. The Kier molecular flexibility index (Phi) is 4.33. The van der Waals surface area contributed by atoms with Crippen molar-refractivity contribution in [1.29, 1.82) is 0 Å². The van der Waals surface area contributed by atoms with Gasteiger partial charge in [-0.2, -0.15) is 0 Å². The molecule has 3 heterocycles. The van der Waals surface area contributed by atoms with Gasteiger partial charge in [0.1, 0.15) is 12.0 Å². The van der Waals surface area contributed by atoms with E-state index in [1.807, 2.05) is 4.90 Å². The molecule has 134 valence electrons. The number of hydrogen-bond acceptors (Lipinski definition) is 4. The molecule has 1 aromatic rings. The summed E-state index contributed by atoms with van der Waals surface area (Å²) in [5.41, 5.74) is 0.854. The van der Waals surface area contributed by atoms with Crippen LogP contribution in [0.3, 0.4) is 0 Å². The van der Waals surface area contributed by atoms with Crippen LogP contribution < -0.4 is 4.90 Å². The molecule has 2 amide bonds. The van der Waals surface area contributed by atoms with E-state index >= 15 is 0 Å². The first-order chi connectivity index (χ1) is 12.1. The van der Waals surface area contributed by atoms with Crippen LogP contribution in [0.4, 0.5) is 10.1 Å². The predicted octanol–water partition coefficient (Wildman–Crippen LogP) is 1.46. The summed E-state index contributed by atoms with van der Waals surface area (Å²) in [6.07, 6.45) is 1.88. The van der Waals surface area contributed by atoms with E-state index in [9.17, 15) is 14.0 Å². The Morgan fingerprint density at radius 1 is 1.16 bits per heavy atom. The first-order valence-electron chi connectivity index (χ1n) is 8.88. The first kappa shape index (κ1) is 16.3. The van der Waals surface area contributed by atoms with E-state index in [1.54, 1.807) is 21.9 Å². The summed E-state index contributed by atoms with van der Waals surface area (Å²) in [6, 6.07) is 4.68. The van der Waals surface area contributed by atoms with Gasteiger partial charge in [-0.3, -0.25) is 9.59 Å². The lowest BCUT2D eigenvalue weighted by atomic mass is 10.1. The minimum atomic E-state index is -0.385. The number of nitrogens with zero attached hydrogens (tertiary/aromatic N) is 3. The van der Waals surface area contributed by atoms with Crippen molar-refractivity contribution in [1.82, 2.24) is 9.80 Å². The van der Waals surface area contributed by atoms with Crippen LogP contribution in [0, 0.1) is 5.82 Å². The molecular weight excluding hydrogens is 325 g/mol. The molecular formula is C18H22FN3O3. The molecule has 1 atom stereocenters. The smallest absolute Gasteiger partial charge is 0.255 e. The first-order valence-corrected chi connectivity index (χ1v) is 8.88. The molecule has 7 heteroatoms. The SMILES string of the molecule is O=C1CCN(C(=O)c2ccc(N3CCOCC3)c(F)c2)C2CCCN12. The largest absolute Gasteiger partial charge is 0.378 e. The highest BCUT2D eigenvalue weighted by Gasteiger charge is 2.39. The summed E-state index contributed by atoms with van der Waals surface area (Å²) in [7, 11) is 0. The van der Waals surface area contributed by atoms with Gasteiger partial charge in [0.15, 0.2) is 0 Å². The Bertz CT molecular complexity index is 690. The van der Waals surface area contributed by atoms with Gasteiger partial charge in [0, 0.05) is 38.2 Å². The second-order valence-corrected chi connectivity index (χ2v) is 6.72. The molecule has 0 radical (unpaired) electrons. The summed E-state index contributed by atoms with van der Waals surface area (Å²) in [4.78, 5) is 30.3. The molecule has 1 unspecified atom stereocenters. The van der Waals surface area contributed by atoms with Crippen molar-refractivity contribution < 1.29 is 18.7 Å². The fourth-order valence-corrected chi connectivity index (χ4v) is 3.98. The van der Waals surface area contributed by atoms with E-state index in [0.717, 1.165) is 12.8 Å². The summed E-state index contributed by atoms with van der Waals surface area (Å²) in [5, 5.41) is 0. The Morgan fingerprint density at radius 2 is 1.96 bits per heavy atom. The number of hydrogen-bond donors (Lipinski definition) is 0. The van der Waals surface area contributed by atoms with Crippen molar-refractivity contribution in [2.24, 2.45) is 0 Å². The van der Waals surface area contributed by atoms with E-state index < -0.39 is 0 Å². The number of benzene rings is 1. The van der Waals surface area contributed by atoms with Gasteiger partial charge >= 0.3 is 0 Å². The number of amides is 2. The predicted molar refractivity (Wildman–Crippen MR) is 89.8 cm³/mol. The maximum atomic E-state index is 14.6. The van der Waals surface area contributed by atoms with Crippen molar-refractivity contribution in [3.63, 3.8) is 0 Å². The summed E-state index contributed by atoms with van der Waals surface area (Å²) in [6.45, 7) is 3.58. The highest BCUT2D eigenvalue weighted by atomic mass is 19.1. The summed E-state index contributed by atoms with van der Waals surface area (Å²) < 4.78 is 19.9. The molecule has 0 saturated carbocycles. The Morgan fingerprint density at radius 3 is 2.72 bits per heavy atom. The number of carbonyl (C=O) groups is 2. The van der Waals surface area contributed by atoms with E-state index in [4.69, 9.17) is 4.74 Å². The molecule has 25 heavy (non-hydrogen) atoms. The second kappa shape index (κ2) is 6.63. The number of anilines is 1. The maximum Gasteiger partial charge on any atom is 0.255 e. The molecule has 0 aliphatic carbocycles. The van der Waals surface area contributed by atoms with Gasteiger partial charge in [0.05, 0.1) is 18.9 Å². The molecule has 6 nitrogen and oxygen atoms in total. The minimum Gasteiger partial charge on any atom is -0.378 e. The maximum absolute atomic E-state index is 14.6. The molecule has 0 bridgehead atoms. The average molecular weight is 347 g/mol. The average Bonchev–Trinajstić information content (AvgIpc) is 3.13. The zero-order valence-electron chi connectivity index (χ0n) is 14.1. The molecule has 3 saturated heterocycles. The fraction of sp³-hybridized carbons (Fsp3) is 0.556. The number of halogens is 1. The van der Waals surface area contributed by atoms with Gasteiger partial charge in [-0.25, -0.2) is 4.39 Å². The van der Waals surface area contributed by atoms with Crippen LogP contribution in [0.15, 0.2) is 18.2 Å². The lowest BCUT2D eigenvalue weighted by Crippen LogP contribution is -2.55. The molecule has 4 rings (SSSR count). The standard InChI is InChI=1S/C18H22FN3O3/c19-14-12-13(3-4-15(14)20-8-10-25-11-9-20)18(24)22-7-5-17(23)21-6-1-2-16(21)22/h3-4,12,16H,1-2,5-11H2. The quantitative estimate of drug-likeness (QED) is 0.813. The normalized spacial score (nSPS) is 23.8. The second-order valence-electron chi connectivity index (χ2n) is 6.72. The molecule has 3 aliphatic rings. The Labute approximate surface area is 146 Å². The molecule has 0 spiro atoms. The highest BCUT2D eigenvalue weighted by Crippen LogP contribution is 2.28. The van der Waals surface area contributed by atoms with Crippen molar-refractivity contribution in [2.45, 2.75) is 25.4 Å². The van der Waals surface area contributed by atoms with Crippen LogP contribution in [-0.4, -0.2) is 67.2 Å². The summed E-state index contributed by atoms with van der Waals surface area (Å²) in [5.74, 6) is -0.471. The minimum absolute atomic E-state index is 0.111. The molecule has 0 N–H and O–H groups in total. The third-order valence-corrected chi connectivity index (χ3v) is 5.28. The number of fused-ring (bicyclic) bond motifs is 1. The van der Waals surface area contributed by atoms with Crippen LogP contribution in [0.5, 0.6) is 0 Å². The number of rotatable bonds is 2. The van der Waals surface area contributed by atoms with Gasteiger partial charge in [0.2, 0.25) is 5.91 Å². The van der Waals surface area contributed by atoms with E-state index in [0.29, 0.717) is 57.1 Å². The van der Waals surface area contributed by atoms with Gasteiger partial charge in [-0.05, 0) is 31.0 Å². The van der Waals surface area contributed by atoms with Crippen molar-refractivity contribution in [2.75, 3.05) is 44.3 Å². The molecule has 1 aromatic carbocycles. The van der Waals surface area contributed by atoms with Gasteiger partial charge in [-0.1, -0.05) is 0 Å². The van der Waals surface area contributed by atoms with Crippen LogP contribution in [0.2, 0.25) is 0 Å². The van der Waals surface area contributed by atoms with Crippen LogP contribution in [-0.2, 0) is 9.53 Å². The van der Waals surface area contributed by atoms with Crippen molar-refractivity contribution >= 4 is 17.5 Å². The molecule has 3 aliphatic heterocycles. The zero-order chi connectivity index (χ0) is 17.4. The van der Waals surface area contributed by atoms with Gasteiger partial charge in [-0.15, -0.1) is 0 Å². The Hall–Kier alpha value is -2.15. The summed E-state index contributed by atoms with van der Waals surface area (Å²) >= 11 is 0. The third kappa shape index (κ3) is 2.97. The van der Waals surface area contributed by atoms with Crippen molar-refractivity contribution in [3.8, 4) is 0 Å². The number of morpholine rings is 1. The van der Waals surface area contributed by atoms with Gasteiger partial charge < -0.3 is 19.4 Å². The van der Waals surface area contributed by atoms with Gasteiger partial charge in [0.25, 0.3) is 5.91 Å². The monoisotopic (exact) mass is 347 g/mol. The van der Waals surface area contributed by atoms with E-state index in [-0.39, 0.29) is 23.8 Å². The van der Waals surface area contributed by atoms with E-state index in [2.05, 4.69) is 0 Å². The van der Waals surface area contributed by atoms with E-state index in [1.165, 1.54) is 6.07 Å². The van der Waals surface area contributed by atoms with Crippen LogP contribution in [0.1, 0.15) is 29.6 Å². The third-order valence-electron chi connectivity index (χ3n) is 5.28. The van der Waals surface area contributed by atoms with Crippen LogP contribution >= 0.6 is 0 Å².